The van der Waals surface area contributed by atoms with E-state index in [1.165, 1.54) is 37.5 Å². The molecule has 0 saturated heterocycles. The van der Waals surface area contributed by atoms with E-state index in [2.05, 4.69) is 32.6 Å². The molecule has 0 atom stereocenters. The van der Waals surface area contributed by atoms with E-state index in [0.29, 0.717) is 22.6 Å². The molecule has 3 aromatic carbocycles. The van der Waals surface area contributed by atoms with E-state index in [0.717, 1.165) is 9.13 Å². The molecular weight excluding hydrogens is 538 g/mol. The van der Waals surface area contributed by atoms with Crippen LogP contribution in [0.15, 0.2) is 72.3 Å². The fraction of sp³-hybridized carbons (Fsp3) is 0.0800. The van der Waals surface area contributed by atoms with E-state index in [9.17, 15) is 19.2 Å². The molecule has 0 bridgehead atoms. The first-order chi connectivity index (χ1) is 15.9. The van der Waals surface area contributed by atoms with E-state index in [1.54, 1.807) is 42.5 Å². The molecule has 0 heterocycles. The van der Waals surface area contributed by atoms with Crippen LogP contribution in [0.25, 0.3) is 6.08 Å². The molecule has 166 valence electrons. The van der Waals surface area contributed by atoms with E-state index < -0.39 is 11.9 Å². The van der Waals surface area contributed by atoms with E-state index in [-0.39, 0.29) is 18.0 Å². The van der Waals surface area contributed by atoms with Crippen LogP contribution in [0.3, 0.4) is 0 Å². The number of amides is 1. The van der Waals surface area contributed by atoms with Crippen molar-refractivity contribution in [2.45, 2.75) is 6.61 Å². The smallest absolute Gasteiger partial charge is 0.337 e. The molecule has 0 unspecified atom stereocenters. The largest absolute Gasteiger partial charge is 0.488 e. The molecule has 3 rings (SSSR count). The molecule has 0 aliphatic rings. The minimum Gasteiger partial charge on any atom is -0.488 e. The first kappa shape index (κ1) is 23.9. The highest BCUT2D eigenvalue weighted by Crippen LogP contribution is 2.24. The molecule has 1 N–H and O–H groups in total. The summed E-state index contributed by atoms with van der Waals surface area (Å²) in [6.07, 6.45) is 1.48. The molecule has 33 heavy (non-hydrogen) atoms. The number of rotatable bonds is 7. The Morgan fingerprint density at radius 2 is 1.79 bits per heavy atom. The molecule has 0 fully saturated rings. The molecule has 1 amide bonds. The van der Waals surface area contributed by atoms with Gasteiger partial charge < -0.3 is 14.8 Å². The van der Waals surface area contributed by atoms with Crippen LogP contribution in [0.1, 0.15) is 21.5 Å². The summed E-state index contributed by atoms with van der Waals surface area (Å²) >= 11 is 2.10. The van der Waals surface area contributed by atoms with Gasteiger partial charge in [-0.15, -0.1) is 0 Å². The topological polar surface area (TPSA) is 88.4 Å². The third-order valence-corrected chi connectivity index (χ3v) is 5.35. The molecule has 0 radical (unpaired) electrons. The van der Waals surface area contributed by atoms with Gasteiger partial charge in [-0.25, -0.2) is 9.18 Å². The number of hydrogen-bond donors (Lipinski definition) is 1. The molecule has 0 aromatic heterocycles. The third-order valence-electron chi connectivity index (χ3n) is 4.50. The summed E-state index contributed by atoms with van der Waals surface area (Å²) in [5.74, 6) is -0.731. The maximum absolute atomic E-state index is 13.0. The number of carbonyl (C=O) groups is 2. The number of nitrogens with zero attached hydrogens (tertiary/aromatic N) is 1. The number of esters is 1. The standard InChI is InChI=1S/C25H18FIN2O4/c1-32-25(31)18-5-9-21(10-6-18)29-24(30)19(14-28)12-17-4-11-23(22(27)13-17)33-15-16-2-7-20(26)8-3-16/h2-13H,15H2,1H3,(H,29,30)/b19-12+. The molecular formula is C25H18FIN2O4. The Balaban J connectivity index is 1.67. The van der Waals surface area contributed by atoms with Gasteiger partial charge in [0, 0.05) is 5.69 Å². The van der Waals surface area contributed by atoms with Crippen LogP contribution >= 0.6 is 22.6 Å². The Kier molecular flexibility index (Phi) is 8.16. The fourth-order valence-corrected chi connectivity index (χ4v) is 3.48. The quantitative estimate of drug-likeness (QED) is 0.184. The summed E-state index contributed by atoms with van der Waals surface area (Å²) in [5.41, 5.74) is 2.19. The molecule has 6 nitrogen and oxygen atoms in total. The summed E-state index contributed by atoms with van der Waals surface area (Å²) in [4.78, 5) is 24.0. The van der Waals surface area contributed by atoms with Gasteiger partial charge in [0.1, 0.15) is 29.8 Å². The lowest BCUT2D eigenvalue weighted by Crippen LogP contribution is -2.13. The van der Waals surface area contributed by atoms with Crippen molar-refractivity contribution in [1.29, 1.82) is 5.26 Å². The second kappa shape index (κ2) is 11.2. The van der Waals surface area contributed by atoms with Crippen molar-refractivity contribution < 1.29 is 23.5 Å². The summed E-state index contributed by atoms with van der Waals surface area (Å²) in [5, 5.41) is 12.1. The van der Waals surface area contributed by atoms with Gasteiger partial charge in [-0.2, -0.15) is 5.26 Å². The zero-order valence-electron chi connectivity index (χ0n) is 17.5. The number of anilines is 1. The van der Waals surface area contributed by atoms with Gasteiger partial charge in [-0.3, -0.25) is 4.79 Å². The van der Waals surface area contributed by atoms with Crippen LogP contribution in [0.2, 0.25) is 0 Å². The monoisotopic (exact) mass is 556 g/mol. The SMILES string of the molecule is COC(=O)c1ccc(NC(=O)/C(C#N)=C/c2ccc(OCc3ccc(F)cc3)c(I)c2)cc1. The molecule has 3 aromatic rings. The Morgan fingerprint density at radius 3 is 2.39 bits per heavy atom. The number of nitrogens with one attached hydrogen (secondary N) is 1. The van der Waals surface area contributed by atoms with Crippen LogP contribution in [-0.2, 0) is 16.1 Å². The number of methoxy groups -OCH3 is 1. The number of benzene rings is 3. The van der Waals surface area contributed by atoms with Crippen molar-refractivity contribution in [1.82, 2.24) is 0 Å². The maximum atomic E-state index is 13.0. The van der Waals surface area contributed by atoms with Crippen molar-refractivity contribution in [2.24, 2.45) is 0 Å². The highest BCUT2D eigenvalue weighted by molar-refractivity contribution is 14.1. The molecule has 8 heteroatoms. The van der Waals surface area contributed by atoms with Crippen molar-refractivity contribution in [3.63, 3.8) is 0 Å². The summed E-state index contributed by atoms with van der Waals surface area (Å²) in [7, 11) is 1.29. The number of halogens is 2. The Bertz CT molecular complexity index is 1230. The number of carbonyl (C=O) groups excluding carboxylic acids is 2. The molecule has 0 spiro atoms. The van der Waals surface area contributed by atoms with Crippen molar-refractivity contribution in [2.75, 3.05) is 12.4 Å². The van der Waals surface area contributed by atoms with E-state index >= 15 is 0 Å². The van der Waals surface area contributed by atoms with Gasteiger partial charge in [-0.05, 0) is 88.3 Å². The predicted molar refractivity (Wildman–Crippen MR) is 130 cm³/mol. The molecule has 0 aliphatic heterocycles. The van der Waals surface area contributed by atoms with Gasteiger partial charge in [-0.1, -0.05) is 18.2 Å². The minimum absolute atomic E-state index is 0.0807. The van der Waals surface area contributed by atoms with Crippen LogP contribution in [0.4, 0.5) is 10.1 Å². The van der Waals surface area contributed by atoms with Gasteiger partial charge >= 0.3 is 5.97 Å². The highest BCUT2D eigenvalue weighted by Gasteiger charge is 2.12. The fourth-order valence-electron chi connectivity index (χ4n) is 2.79. The van der Waals surface area contributed by atoms with Crippen LogP contribution in [0.5, 0.6) is 5.75 Å². The lowest BCUT2D eigenvalue weighted by molar-refractivity contribution is -0.112. The average molecular weight is 556 g/mol. The van der Waals surface area contributed by atoms with Gasteiger partial charge in [0.15, 0.2) is 0 Å². The van der Waals surface area contributed by atoms with Crippen molar-refractivity contribution in [3.05, 3.63) is 98.4 Å². The summed E-state index contributed by atoms with van der Waals surface area (Å²) in [6, 6.07) is 19.4. The van der Waals surface area contributed by atoms with Gasteiger partial charge in [0.05, 0.1) is 16.2 Å². The van der Waals surface area contributed by atoms with Crippen molar-refractivity contribution >= 4 is 46.2 Å². The number of nitriles is 1. The lowest BCUT2D eigenvalue weighted by atomic mass is 10.1. The van der Waals surface area contributed by atoms with Gasteiger partial charge in [0.25, 0.3) is 5.91 Å². The number of ether oxygens (including phenoxy) is 2. The van der Waals surface area contributed by atoms with Crippen LogP contribution < -0.4 is 10.1 Å². The van der Waals surface area contributed by atoms with E-state index in [4.69, 9.17) is 4.74 Å². The molecule has 0 aliphatic carbocycles. The Hall–Kier alpha value is -3.71. The van der Waals surface area contributed by atoms with Crippen LogP contribution in [0, 0.1) is 20.7 Å². The second-order valence-electron chi connectivity index (χ2n) is 6.80. The van der Waals surface area contributed by atoms with E-state index in [1.807, 2.05) is 6.07 Å². The second-order valence-corrected chi connectivity index (χ2v) is 7.96. The van der Waals surface area contributed by atoms with Crippen molar-refractivity contribution in [3.8, 4) is 11.8 Å². The Labute approximate surface area is 203 Å². The van der Waals surface area contributed by atoms with Gasteiger partial charge in [0.2, 0.25) is 0 Å². The summed E-state index contributed by atoms with van der Waals surface area (Å²) in [6.45, 7) is 0.284. The zero-order chi connectivity index (χ0) is 23.8. The third kappa shape index (κ3) is 6.63. The zero-order valence-corrected chi connectivity index (χ0v) is 19.6. The average Bonchev–Trinajstić information content (AvgIpc) is 2.83. The number of hydrogen-bond acceptors (Lipinski definition) is 5. The normalized spacial score (nSPS) is 10.8. The Morgan fingerprint density at radius 1 is 1.09 bits per heavy atom. The maximum Gasteiger partial charge on any atom is 0.337 e. The summed E-state index contributed by atoms with van der Waals surface area (Å²) < 4.78 is 24.2. The first-order valence-corrected chi connectivity index (χ1v) is 10.8. The molecule has 0 saturated carbocycles. The minimum atomic E-state index is -0.574. The lowest BCUT2D eigenvalue weighted by Gasteiger charge is -2.09. The first-order valence-electron chi connectivity index (χ1n) is 9.68. The predicted octanol–water partition coefficient (Wildman–Crippen LogP) is 5.34. The van der Waals surface area contributed by atoms with Crippen LogP contribution in [-0.4, -0.2) is 19.0 Å². The highest BCUT2D eigenvalue weighted by atomic mass is 127.